The predicted octanol–water partition coefficient (Wildman–Crippen LogP) is 5.10. The highest BCUT2D eigenvalue weighted by molar-refractivity contribution is 8.00. The van der Waals surface area contributed by atoms with Gasteiger partial charge < -0.3 is 4.74 Å². The smallest absolute Gasteiger partial charge is 0.250 e. The molecule has 1 aromatic heterocycles. The van der Waals surface area contributed by atoms with Crippen molar-refractivity contribution in [2.75, 3.05) is 12.9 Å². The summed E-state index contributed by atoms with van der Waals surface area (Å²) in [6, 6.07) is 12.8. The molecule has 8 heteroatoms. The minimum absolute atomic E-state index is 0.216. The first-order valence-corrected chi connectivity index (χ1v) is 10.1. The summed E-state index contributed by atoms with van der Waals surface area (Å²) >= 11 is 13.3. The Morgan fingerprint density at radius 2 is 2.07 bits per heavy atom. The largest absolute Gasteiger partial charge is 0.494 e. The molecule has 0 atom stereocenters. The highest BCUT2D eigenvalue weighted by atomic mass is 35.5. The Balaban J connectivity index is 1.66. The predicted molar refractivity (Wildman–Crippen MR) is 116 cm³/mol. The van der Waals surface area contributed by atoms with E-state index in [1.54, 1.807) is 25.3 Å². The van der Waals surface area contributed by atoms with Gasteiger partial charge in [-0.25, -0.2) is 10.4 Å². The fraction of sp³-hybridized carbons (Fsp3) is 0.150. The van der Waals surface area contributed by atoms with Gasteiger partial charge in [-0.2, -0.15) is 5.10 Å². The molecule has 3 rings (SSSR count). The number of hydrazone groups is 1. The molecule has 0 spiro atoms. The maximum absolute atomic E-state index is 12.1. The molecule has 0 saturated carbocycles. The van der Waals surface area contributed by atoms with Crippen molar-refractivity contribution in [3.05, 3.63) is 63.8 Å². The summed E-state index contributed by atoms with van der Waals surface area (Å²) in [5.74, 6) is 0.708. The van der Waals surface area contributed by atoms with Crippen molar-refractivity contribution in [1.82, 2.24) is 10.4 Å². The minimum atomic E-state index is -0.216. The summed E-state index contributed by atoms with van der Waals surface area (Å²) in [7, 11) is 1.62. The normalized spacial score (nSPS) is 11.1. The highest BCUT2D eigenvalue weighted by Crippen LogP contribution is 2.32. The number of aromatic nitrogens is 1. The van der Waals surface area contributed by atoms with Crippen LogP contribution in [0.2, 0.25) is 10.0 Å². The van der Waals surface area contributed by atoms with Crippen LogP contribution in [0.4, 0.5) is 0 Å². The number of rotatable bonds is 6. The molecule has 0 aliphatic heterocycles. The molecule has 1 amide bonds. The molecule has 5 nitrogen and oxygen atoms in total. The van der Waals surface area contributed by atoms with E-state index in [-0.39, 0.29) is 11.7 Å². The number of fused-ring (bicyclic) bond motifs is 1. The van der Waals surface area contributed by atoms with Crippen molar-refractivity contribution in [2.24, 2.45) is 5.10 Å². The van der Waals surface area contributed by atoms with E-state index < -0.39 is 0 Å². The SMILES string of the molecule is COc1cccc2c(SCC(=O)N/N=C\c3ccc(Cl)c(Cl)c3)cc(C)nc12. The van der Waals surface area contributed by atoms with Crippen LogP contribution in [0.1, 0.15) is 11.3 Å². The lowest BCUT2D eigenvalue weighted by Gasteiger charge is -2.10. The second-order valence-corrected chi connectivity index (χ2v) is 7.71. The molecule has 28 heavy (non-hydrogen) atoms. The number of amides is 1. The van der Waals surface area contributed by atoms with Gasteiger partial charge in [0.15, 0.2) is 0 Å². The molecular weight excluding hydrogens is 417 g/mol. The van der Waals surface area contributed by atoms with E-state index in [1.165, 1.54) is 18.0 Å². The average Bonchev–Trinajstić information content (AvgIpc) is 2.68. The van der Waals surface area contributed by atoms with Crippen LogP contribution in [-0.4, -0.2) is 30.0 Å². The quantitative estimate of drug-likeness (QED) is 0.333. The summed E-state index contributed by atoms with van der Waals surface area (Å²) in [5.41, 5.74) is 4.90. The first kappa shape index (κ1) is 20.5. The van der Waals surface area contributed by atoms with Gasteiger partial charge in [-0.05, 0) is 36.8 Å². The number of methoxy groups -OCH3 is 1. The van der Waals surface area contributed by atoms with Crippen LogP contribution in [0.3, 0.4) is 0 Å². The lowest BCUT2D eigenvalue weighted by molar-refractivity contribution is -0.118. The number of carbonyl (C=O) groups is 1. The first-order valence-electron chi connectivity index (χ1n) is 8.32. The molecule has 0 fully saturated rings. The number of nitrogens with one attached hydrogen (secondary N) is 1. The topological polar surface area (TPSA) is 63.6 Å². The maximum atomic E-state index is 12.1. The lowest BCUT2D eigenvalue weighted by Crippen LogP contribution is -2.19. The molecule has 144 valence electrons. The van der Waals surface area contributed by atoms with E-state index in [4.69, 9.17) is 27.9 Å². The zero-order valence-corrected chi connectivity index (χ0v) is 17.5. The van der Waals surface area contributed by atoms with Crippen LogP contribution < -0.4 is 10.2 Å². The second kappa shape index (κ2) is 9.28. The molecule has 1 heterocycles. The summed E-state index contributed by atoms with van der Waals surface area (Å²) in [6.07, 6.45) is 1.52. The third kappa shape index (κ3) is 4.95. The summed E-state index contributed by atoms with van der Waals surface area (Å²) < 4.78 is 5.39. The second-order valence-electron chi connectivity index (χ2n) is 5.87. The third-order valence-electron chi connectivity index (χ3n) is 3.82. The number of hydrogen-bond acceptors (Lipinski definition) is 5. The molecule has 0 bridgehead atoms. The van der Waals surface area contributed by atoms with Gasteiger partial charge in [-0.3, -0.25) is 4.79 Å². The Hall–Kier alpha value is -2.28. The Morgan fingerprint density at radius 1 is 1.25 bits per heavy atom. The van der Waals surface area contributed by atoms with Crippen molar-refractivity contribution in [3.8, 4) is 5.75 Å². The molecule has 0 aliphatic carbocycles. The summed E-state index contributed by atoms with van der Waals surface area (Å²) in [5, 5.41) is 5.81. The van der Waals surface area contributed by atoms with Crippen molar-refractivity contribution in [3.63, 3.8) is 0 Å². The standard InChI is InChI=1S/C20H17Cl2N3O2S/c1-12-8-18(14-4-3-5-17(27-2)20(14)24-12)28-11-19(26)25-23-10-13-6-7-15(21)16(22)9-13/h3-10H,11H2,1-2H3,(H,25,26)/b23-10-. The summed E-state index contributed by atoms with van der Waals surface area (Å²) in [6.45, 7) is 1.91. The van der Waals surface area contributed by atoms with Crippen molar-refractivity contribution >= 4 is 58.0 Å². The minimum Gasteiger partial charge on any atom is -0.494 e. The van der Waals surface area contributed by atoms with E-state index in [9.17, 15) is 4.79 Å². The van der Waals surface area contributed by atoms with E-state index in [2.05, 4.69) is 15.5 Å². The first-order chi connectivity index (χ1) is 13.5. The zero-order chi connectivity index (χ0) is 20.1. The van der Waals surface area contributed by atoms with Crippen LogP contribution in [0.5, 0.6) is 5.75 Å². The van der Waals surface area contributed by atoms with Crippen LogP contribution >= 0.6 is 35.0 Å². The average molecular weight is 434 g/mol. The lowest BCUT2D eigenvalue weighted by atomic mass is 10.2. The number of halogens is 2. The third-order valence-corrected chi connectivity index (χ3v) is 5.61. The number of para-hydroxylation sites is 1. The van der Waals surface area contributed by atoms with Gasteiger partial charge in [0.05, 0.1) is 29.1 Å². The molecule has 2 aromatic carbocycles. The number of hydrogen-bond donors (Lipinski definition) is 1. The summed E-state index contributed by atoms with van der Waals surface area (Å²) in [4.78, 5) is 17.6. The van der Waals surface area contributed by atoms with Gasteiger partial charge in [-0.1, -0.05) is 41.4 Å². The number of ether oxygens (including phenoxy) is 1. The van der Waals surface area contributed by atoms with Gasteiger partial charge >= 0.3 is 0 Å². The fourth-order valence-electron chi connectivity index (χ4n) is 2.54. The van der Waals surface area contributed by atoms with Gasteiger partial charge in [-0.15, -0.1) is 11.8 Å². The molecule has 0 unspecified atom stereocenters. The maximum Gasteiger partial charge on any atom is 0.250 e. The number of thioether (sulfide) groups is 1. The van der Waals surface area contributed by atoms with Crippen molar-refractivity contribution < 1.29 is 9.53 Å². The molecule has 0 radical (unpaired) electrons. The van der Waals surface area contributed by atoms with Gasteiger partial charge in [0.25, 0.3) is 0 Å². The van der Waals surface area contributed by atoms with E-state index in [0.29, 0.717) is 15.8 Å². The molecule has 1 N–H and O–H groups in total. The van der Waals surface area contributed by atoms with Crippen LogP contribution in [0, 0.1) is 6.92 Å². The number of benzene rings is 2. The van der Waals surface area contributed by atoms with Crippen molar-refractivity contribution in [2.45, 2.75) is 11.8 Å². The van der Waals surface area contributed by atoms with E-state index >= 15 is 0 Å². The van der Waals surface area contributed by atoms with Crippen LogP contribution in [0.25, 0.3) is 10.9 Å². The molecular formula is C20H17Cl2N3O2S. The Bertz CT molecular complexity index is 1060. The monoisotopic (exact) mass is 433 g/mol. The Kier molecular flexibility index (Phi) is 6.78. The Labute approximate surface area is 177 Å². The Morgan fingerprint density at radius 3 is 2.82 bits per heavy atom. The highest BCUT2D eigenvalue weighted by Gasteiger charge is 2.10. The van der Waals surface area contributed by atoms with E-state index in [1.807, 2.05) is 31.2 Å². The van der Waals surface area contributed by atoms with Gasteiger partial charge in [0.2, 0.25) is 5.91 Å². The number of nitrogens with zero attached hydrogens (tertiary/aromatic N) is 2. The molecule has 0 aliphatic rings. The number of aryl methyl sites for hydroxylation is 1. The number of carbonyl (C=O) groups excluding carboxylic acids is 1. The molecule has 0 saturated heterocycles. The van der Waals surface area contributed by atoms with Crippen molar-refractivity contribution in [1.29, 1.82) is 0 Å². The van der Waals surface area contributed by atoms with E-state index in [0.717, 1.165) is 27.1 Å². The zero-order valence-electron chi connectivity index (χ0n) is 15.2. The fourth-order valence-corrected chi connectivity index (χ4v) is 3.78. The van der Waals surface area contributed by atoms with Gasteiger partial charge in [0, 0.05) is 16.0 Å². The molecule has 3 aromatic rings. The number of pyridine rings is 1. The van der Waals surface area contributed by atoms with Crippen LogP contribution in [-0.2, 0) is 4.79 Å². The van der Waals surface area contributed by atoms with Gasteiger partial charge in [0.1, 0.15) is 11.3 Å². The van der Waals surface area contributed by atoms with Crippen LogP contribution in [0.15, 0.2) is 52.5 Å².